The van der Waals surface area contributed by atoms with Crippen LogP contribution in [-0.2, 0) is 11.3 Å². The monoisotopic (exact) mass is 264 g/mol. The Labute approximate surface area is 115 Å². The molecule has 0 heterocycles. The maximum Gasteiger partial charge on any atom is 0.257 e. The molecule has 0 aliphatic heterocycles. The van der Waals surface area contributed by atoms with Gasteiger partial charge in [0.2, 0.25) is 0 Å². The Morgan fingerprint density at radius 3 is 2.42 bits per heavy atom. The summed E-state index contributed by atoms with van der Waals surface area (Å²) in [4.78, 5) is 11.2. The molecule has 4 nitrogen and oxygen atoms in total. The third kappa shape index (κ3) is 4.91. The lowest BCUT2D eigenvalue weighted by molar-refractivity contribution is -0.122. The molecule has 106 valence electrons. The number of hydrogen-bond acceptors (Lipinski definition) is 3. The average molecular weight is 264 g/mol. The molecule has 1 aromatic rings. The van der Waals surface area contributed by atoms with Gasteiger partial charge in [-0.2, -0.15) is 0 Å². The summed E-state index contributed by atoms with van der Waals surface area (Å²) in [5.41, 5.74) is 3.38. The first-order valence-corrected chi connectivity index (χ1v) is 6.72. The van der Waals surface area contributed by atoms with Gasteiger partial charge in [-0.25, -0.2) is 0 Å². The molecule has 1 aromatic carbocycles. The van der Waals surface area contributed by atoms with E-state index in [0.29, 0.717) is 0 Å². The minimum atomic E-state index is -0.118. The number of benzene rings is 1. The molecule has 2 N–H and O–H groups in total. The van der Waals surface area contributed by atoms with Crippen molar-refractivity contribution in [3.05, 3.63) is 28.8 Å². The zero-order valence-electron chi connectivity index (χ0n) is 12.3. The molecule has 0 atom stereocenters. The molecule has 0 fully saturated rings. The first kappa shape index (κ1) is 15.5. The summed E-state index contributed by atoms with van der Waals surface area (Å²) in [5.74, 6) is 0.690. The Balaban J connectivity index is 2.71. The summed E-state index contributed by atoms with van der Waals surface area (Å²) in [6.07, 6.45) is 1.13. The van der Waals surface area contributed by atoms with Crippen molar-refractivity contribution in [2.24, 2.45) is 0 Å². The highest BCUT2D eigenvalue weighted by atomic mass is 16.5. The predicted octanol–water partition coefficient (Wildman–Crippen LogP) is 1.93. The van der Waals surface area contributed by atoms with Gasteiger partial charge in [0.1, 0.15) is 5.75 Å². The molecule has 0 aliphatic rings. The van der Waals surface area contributed by atoms with Crippen molar-refractivity contribution < 1.29 is 9.53 Å². The first-order chi connectivity index (χ1) is 9.08. The number of amides is 1. The fourth-order valence-corrected chi connectivity index (χ4v) is 1.99. The van der Waals surface area contributed by atoms with Gasteiger partial charge >= 0.3 is 0 Å². The lowest BCUT2D eigenvalue weighted by Crippen LogP contribution is -2.25. The Hall–Kier alpha value is -1.55. The average Bonchev–Trinajstić information content (AvgIpc) is 2.37. The second-order valence-electron chi connectivity index (χ2n) is 4.70. The maximum atomic E-state index is 11.2. The maximum absolute atomic E-state index is 11.2. The molecule has 0 saturated heterocycles. The summed E-state index contributed by atoms with van der Waals surface area (Å²) in [5, 5.41) is 5.93. The largest absolute Gasteiger partial charge is 0.483 e. The van der Waals surface area contributed by atoms with E-state index in [1.807, 2.05) is 13.8 Å². The summed E-state index contributed by atoms with van der Waals surface area (Å²) in [6, 6.07) is 4.21. The SMILES string of the molecule is CCCNCc1cc(C)c(OCC(=O)NC)c(C)c1. The number of hydrogen-bond donors (Lipinski definition) is 2. The van der Waals surface area contributed by atoms with Crippen molar-refractivity contribution in [1.29, 1.82) is 0 Å². The van der Waals surface area contributed by atoms with Crippen molar-refractivity contribution in [1.82, 2.24) is 10.6 Å². The van der Waals surface area contributed by atoms with E-state index in [9.17, 15) is 4.79 Å². The van der Waals surface area contributed by atoms with Crippen LogP contribution in [0.25, 0.3) is 0 Å². The van der Waals surface area contributed by atoms with Crippen molar-refractivity contribution in [2.45, 2.75) is 33.7 Å². The number of aryl methyl sites for hydroxylation is 2. The molecule has 4 heteroatoms. The molecule has 1 rings (SSSR count). The molecule has 1 amide bonds. The fraction of sp³-hybridized carbons (Fsp3) is 0.533. The third-order valence-corrected chi connectivity index (χ3v) is 2.90. The van der Waals surface area contributed by atoms with Crippen LogP contribution in [0.15, 0.2) is 12.1 Å². The van der Waals surface area contributed by atoms with Gasteiger partial charge in [-0.05, 0) is 43.5 Å². The molecule has 0 saturated carbocycles. The number of carbonyl (C=O) groups is 1. The summed E-state index contributed by atoms with van der Waals surface area (Å²) < 4.78 is 5.57. The van der Waals surface area contributed by atoms with Crippen molar-refractivity contribution >= 4 is 5.91 Å². The van der Waals surface area contributed by atoms with Gasteiger partial charge in [0.25, 0.3) is 5.91 Å². The highest BCUT2D eigenvalue weighted by molar-refractivity contribution is 5.77. The highest BCUT2D eigenvalue weighted by Crippen LogP contribution is 2.24. The quantitative estimate of drug-likeness (QED) is 0.740. The highest BCUT2D eigenvalue weighted by Gasteiger charge is 2.08. The van der Waals surface area contributed by atoms with Crippen LogP contribution in [0.2, 0.25) is 0 Å². The smallest absolute Gasteiger partial charge is 0.257 e. The zero-order valence-corrected chi connectivity index (χ0v) is 12.3. The van der Waals surface area contributed by atoms with Crippen LogP contribution in [0.5, 0.6) is 5.75 Å². The van der Waals surface area contributed by atoms with Crippen LogP contribution in [0, 0.1) is 13.8 Å². The Bertz CT molecular complexity index is 407. The number of nitrogens with one attached hydrogen (secondary N) is 2. The Morgan fingerprint density at radius 1 is 1.26 bits per heavy atom. The fourth-order valence-electron chi connectivity index (χ4n) is 1.99. The summed E-state index contributed by atoms with van der Waals surface area (Å²) in [6.45, 7) is 8.12. The summed E-state index contributed by atoms with van der Waals surface area (Å²) in [7, 11) is 1.61. The molecule has 0 radical (unpaired) electrons. The van der Waals surface area contributed by atoms with Crippen LogP contribution < -0.4 is 15.4 Å². The molecular weight excluding hydrogens is 240 g/mol. The number of rotatable bonds is 7. The number of carbonyl (C=O) groups excluding carboxylic acids is 1. The second-order valence-corrected chi connectivity index (χ2v) is 4.70. The van der Waals surface area contributed by atoms with E-state index in [0.717, 1.165) is 36.4 Å². The molecular formula is C15H24N2O2. The van der Waals surface area contributed by atoms with Gasteiger partial charge < -0.3 is 15.4 Å². The van der Waals surface area contributed by atoms with Gasteiger partial charge in [0.05, 0.1) is 0 Å². The van der Waals surface area contributed by atoms with Crippen molar-refractivity contribution in [3.63, 3.8) is 0 Å². The van der Waals surface area contributed by atoms with E-state index in [4.69, 9.17) is 4.74 Å². The van der Waals surface area contributed by atoms with Crippen LogP contribution in [0.4, 0.5) is 0 Å². The van der Waals surface area contributed by atoms with Gasteiger partial charge in [-0.3, -0.25) is 4.79 Å². The molecule has 0 aliphatic carbocycles. The van der Waals surface area contributed by atoms with Gasteiger partial charge in [-0.15, -0.1) is 0 Å². The van der Waals surface area contributed by atoms with Crippen LogP contribution in [0.3, 0.4) is 0 Å². The number of ether oxygens (including phenoxy) is 1. The Morgan fingerprint density at radius 2 is 1.89 bits per heavy atom. The van der Waals surface area contributed by atoms with E-state index in [2.05, 4.69) is 29.7 Å². The van der Waals surface area contributed by atoms with Crippen LogP contribution in [0.1, 0.15) is 30.0 Å². The minimum Gasteiger partial charge on any atom is -0.483 e. The predicted molar refractivity (Wildman–Crippen MR) is 77.5 cm³/mol. The van der Waals surface area contributed by atoms with Gasteiger partial charge in [0.15, 0.2) is 6.61 Å². The third-order valence-electron chi connectivity index (χ3n) is 2.90. The first-order valence-electron chi connectivity index (χ1n) is 6.72. The topological polar surface area (TPSA) is 50.4 Å². The molecule has 0 bridgehead atoms. The molecule has 0 spiro atoms. The summed E-state index contributed by atoms with van der Waals surface area (Å²) >= 11 is 0. The van der Waals surface area contributed by atoms with Gasteiger partial charge in [-0.1, -0.05) is 19.1 Å². The Kier molecular flexibility index (Phi) is 6.36. The lowest BCUT2D eigenvalue weighted by Gasteiger charge is -2.14. The van der Waals surface area contributed by atoms with E-state index in [-0.39, 0.29) is 12.5 Å². The lowest BCUT2D eigenvalue weighted by atomic mass is 10.1. The zero-order chi connectivity index (χ0) is 14.3. The van der Waals surface area contributed by atoms with Crippen LogP contribution in [-0.4, -0.2) is 26.1 Å². The van der Waals surface area contributed by atoms with E-state index < -0.39 is 0 Å². The van der Waals surface area contributed by atoms with Crippen molar-refractivity contribution in [2.75, 3.05) is 20.2 Å². The van der Waals surface area contributed by atoms with E-state index >= 15 is 0 Å². The van der Waals surface area contributed by atoms with Crippen molar-refractivity contribution in [3.8, 4) is 5.75 Å². The normalized spacial score (nSPS) is 10.3. The van der Waals surface area contributed by atoms with Crippen LogP contribution >= 0.6 is 0 Å². The standard InChI is InChI=1S/C15H24N2O2/c1-5-6-17-9-13-7-11(2)15(12(3)8-13)19-10-14(18)16-4/h7-8,17H,5-6,9-10H2,1-4H3,(H,16,18). The van der Waals surface area contributed by atoms with E-state index in [1.54, 1.807) is 7.05 Å². The molecule has 19 heavy (non-hydrogen) atoms. The van der Waals surface area contributed by atoms with Gasteiger partial charge in [0, 0.05) is 13.6 Å². The second kappa shape index (κ2) is 7.79. The number of likely N-dealkylation sites (N-methyl/N-ethyl adjacent to an activating group) is 1. The minimum absolute atomic E-state index is 0.0611. The molecule has 0 unspecified atom stereocenters. The molecule has 0 aromatic heterocycles. The van der Waals surface area contributed by atoms with E-state index in [1.165, 1.54) is 5.56 Å².